The highest BCUT2D eigenvalue weighted by atomic mass is 19.3. The van der Waals surface area contributed by atoms with E-state index in [0.717, 1.165) is 11.3 Å². The minimum Gasteiger partial charge on any atom is -0.497 e. The predicted octanol–water partition coefficient (Wildman–Crippen LogP) is 3.36. The summed E-state index contributed by atoms with van der Waals surface area (Å²) in [5, 5.41) is 7.72. The van der Waals surface area contributed by atoms with E-state index in [1.54, 1.807) is 23.9 Å². The Morgan fingerprint density at radius 1 is 1.31 bits per heavy atom. The molecule has 160 valence electrons. The van der Waals surface area contributed by atoms with Crippen molar-refractivity contribution in [3.05, 3.63) is 41.2 Å². The zero-order valence-electron chi connectivity index (χ0n) is 17.7. The number of nitrogens with one attached hydrogen (secondary N) is 1. The van der Waals surface area contributed by atoms with Crippen molar-refractivity contribution < 1.29 is 18.3 Å². The summed E-state index contributed by atoms with van der Waals surface area (Å²) < 4.78 is 37.0. The average molecular weight is 409 g/mol. The number of nitrogens with zero attached hydrogens (tertiary/aromatic N) is 4. The summed E-state index contributed by atoms with van der Waals surface area (Å²) in [6.45, 7) is 2.18. The van der Waals surface area contributed by atoms with Crippen LogP contribution in [0.1, 0.15) is 36.6 Å². The smallest absolute Gasteiger partial charge is 0.387 e. The number of ether oxygens (including phenoxy) is 2. The van der Waals surface area contributed by atoms with Gasteiger partial charge in [0.15, 0.2) is 5.96 Å². The Labute approximate surface area is 170 Å². The highest BCUT2D eigenvalue weighted by molar-refractivity contribution is 5.79. The van der Waals surface area contributed by atoms with E-state index < -0.39 is 6.61 Å². The number of benzene rings is 1. The molecule has 2 rings (SSSR count). The van der Waals surface area contributed by atoms with E-state index in [1.165, 1.54) is 13.2 Å². The Bertz CT molecular complexity index is 836. The third-order valence-electron chi connectivity index (χ3n) is 4.39. The van der Waals surface area contributed by atoms with Crippen LogP contribution in [0.4, 0.5) is 8.78 Å². The molecule has 0 bridgehead atoms. The van der Waals surface area contributed by atoms with Crippen LogP contribution >= 0.6 is 0 Å². The molecule has 9 heteroatoms. The van der Waals surface area contributed by atoms with Gasteiger partial charge in [-0.1, -0.05) is 13.8 Å². The van der Waals surface area contributed by atoms with Gasteiger partial charge in [-0.2, -0.15) is 13.9 Å². The normalized spacial score (nSPS) is 11.9. The molecule has 2 aromatic rings. The molecule has 0 saturated carbocycles. The van der Waals surface area contributed by atoms with E-state index in [9.17, 15) is 8.78 Å². The molecule has 0 unspecified atom stereocenters. The number of halogens is 2. The maximum atomic E-state index is 12.8. The second-order valence-corrected chi connectivity index (χ2v) is 6.98. The van der Waals surface area contributed by atoms with Crippen LogP contribution in [0.25, 0.3) is 0 Å². The molecular weight excluding hydrogens is 380 g/mol. The highest BCUT2D eigenvalue weighted by Gasteiger charge is 2.16. The van der Waals surface area contributed by atoms with E-state index in [0.29, 0.717) is 29.7 Å². The number of aromatic nitrogens is 2. The number of hydrogen-bond acceptors (Lipinski definition) is 4. The Kier molecular flexibility index (Phi) is 7.81. The zero-order chi connectivity index (χ0) is 21.6. The lowest BCUT2D eigenvalue weighted by Crippen LogP contribution is -2.38. The fourth-order valence-electron chi connectivity index (χ4n) is 3.07. The Balaban J connectivity index is 2.11. The second kappa shape index (κ2) is 10.1. The molecule has 1 heterocycles. The van der Waals surface area contributed by atoms with Crippen molar-refractivity contribution in [3.8, 4) is 11.5 Å². The summed E-state index contributed by atoms with van der Waals surface area (Å²) in [4.78, 5) is 6.25. The molecule has 29 heavy (non-hydrogen) atoms. The molecule has 0 fully saturated rings. The van der Waals surface area contributed by atoms with Crippen LogP contribution in [-0.4, -0.2) is 48.5 Å². The second-order valence-electron chi connectivity index (χ2n) is 6.98. The number of hydrogen-bond donors (Lipinski definition) is 1. The minimum absolute atomic E-state index is 0.0688. The Morgan fingerprint density at radius 3 is 2.62 bits per heavy atom. The van der Waals surface area contributed by atoms with Gasteiger partial charge in [0.2, 0.25) is 0 Å². The van der Waals surface area contributed by atoms with Crippen molar-refractivity contribution in [2.75, 3.05) is 21.2 Å². The average Bonchev–Trinajstić information content (AvgIpc) is 3.03. The molecule has 0 atom stereocenters. The molecule has 1 aromatic carbocycles. The quantitative estimate of drug-likeness (QED) is 0.535. The van der Waals surface area contributed by atoms with Crippen molar-refractivity contribution in [1.82, 2.24) is 20.0 Å². The van der Waals surface area contributed by atoms with Crippen LogP contribution in [0.3, 0.4) is 0 Å². The van der Waals surface area contributed by atoms with E-state index in [2.05, 4.69) is 34.0 Å². The topological polar surface area (TPSA) is 63.9 Å². The SMILES string of the molecule is CN=C(NCc1ccc(OC)cc1OC(F)F)N(C)Cc1cn(C)nc1C(C)C. The number of rotatable bonds is 8. The number of methoxy groups -OCH3 is 1. The molecule has 0 saturated heterocycles. The van der Waals surface area contributed by atoms with Gasteiger partial charge in [-0.3, -0.25) is 9.67 Å². The van der Waals surface area contributed by atoms with Crippen LogP contribution < -0.4 is 14.8 Å². The van der Waals surface area contributed by atoms with Gasteiger partial charge in [-0.05, 0) is 18.1 Å². The van der Waals surface area contributed by atoms with Crippen molar-refractivity contribution in [1.29, 1.82) is 0 Å². The third kappa shape index (κ3) is 6.07. The van der Waals surface area contributed by atoms with Gasteiger partial charge in [0, 0.05) is 57.6 Å². The lowest BCUT2D eigenvalue weighted by Gasteiger charge is -2.23. The molecule has 0 aliphatic heterocycles. The molecule has 0 amide bonds. The van der Waals surface area contributed by atoms with Crippen molar-refractivity contribution in [2.45, 2.75) is 39.5 Å². The minimum atomic E-state index is -2.91. The van der Waals surface area contributed by atoms with Gasteiger partial charge < -0.3 is 19.7 Å². The summed E-state index contributed by atoms with van der Waals surface area (Å²) in [5.74, 6) is 1.45. The first kappa shape index (κ1) is 22.4. The van der Waals surface area contributed by atoms with Gasteiger partial charge in [-0.25, -0.2) is 0 Å². The van der Waals surface area contributed by atoms with Crippen LogP contribution in [0.15, 0.2) is 29.4 Å². The van der Waals surface area contributed by atoms with E-state index in [1.807, 2.05) is 25.2 Å². The molecule has 0 spiro atoms. The van der Waals surface area contributed by atoms with Gasteiger partial charge >= 0.3 is 6.61 Å². The molecule has 0 aliphatic carbocycles. The third-order valence-corrected chi connectivity index (χ3v) is 4.39. The zero-order valence-corrected chi connectivity index (χ0v) is 17.7. The van der Waals surface area contributed by atoms with Crippen LogP contribution in [0, 0.1) is 0 Å². The number of aliphatic imine (C=N–C) groups is 1. The summed E-state index contributed by atoms with van der Waals surface area (Å²) in [5.41, 5.74) is 2.72. The lowest BCUT2D eigenvalue weighted by atomic mass is 10.1. The molecule has 0 aliphatic rings. The largest absolute Gasteiger partial charge is 0.497 e. The van der Waals surface area contributed by atoms with Crippen LogP contribution in [0.2, 0.25) is 0 Å². The first-order valence-corrected chi connectivity index (χ1v) is 9.31. The lowest BCUT2D eigenvalue weighted by molar-refractivity contribution is -0.0505. The van der Waals surface area contributed by atoms with E-state index >= 15 is 0 Å². The first-order valence-electron chi connectivity index (χ1n) is 9.31. The fourth-order valence-corrected chi connectivity index (χ4v) is 3.07. The number of alkyl halides is 2. The fraction of sp³-hybridized carbons (Fsp3) is 0.500. The maximum absolute atomic E-state index is 12.8. The van der Waals surface area contributed by atoms with Crippen LogP contribution in [-0.2, 0) is 20.1 Å². The molecule has 1 N–H and O–H groups in total. The predicted molar refractivity (Wildman–Crippen MR) is 109 cm³/mol. The standard InChI is InChI=1S/C20H29F2N5O2/c1-13(2)18-15(12-27(5)25-18)11-26(4)20(23-3)24-10-14-7-8-16(28-6)9-17(14)29-19(21)22/h7-9,12-13,19H,10-11H2,1-6H3,(H,23,24). The van der Waals surface area contributed by atoms with E-state index in [4.69, 9.17) is 4.74 Å². The Hall–Kier alpha value is -2.84. The number of aryl methyl sites for hydroxylation is 1. The molecular formula is C20H29F2N5O2. The molecule has 7 nitrogen and oxygen atoms in total. The highest BCUT2D eigenvalue weighted by Crippen LogP contribution is 2.26. The van der Waals surface area contributed by atoms with Gasteiger partial charge in [0.1, 0.15) is 11.5 Å². The van der Waals surface area contributed by atoms with Gasteiger partial charge in [-0.15, -0.1) is 0 Å². The number of guanidine groups is 1. The van der Waals surface area contributed by atoms with Gasteiger partial charge in [0.25, 0.3) is 0 Å². The van der Waals surface area contributed by atoms with Crippen molar-refractivity contribution in [3.63, 3.8) is 0 Å². The summed E-state index contributed by atoms with van der Waals surface area (Å²) in [6.07, 6.45) is 2.00. The summed E-state index contributed by atoms with van der Waals surface area (Å²) >= 11 is 0. The van der Waals surface area contributed by atoms with E-state index in [-0.39, 0.29) is 12.3 Å². The Morgan fingerprint density at radius 2 is 2.03 bits per heavy atom. The first-order chi connectivity index (χ1) is 13.7. The van der Waals surface area contributed by atoms with Crippen molar-refractivity contribution >= 4 is 5.96 Å². The maximum Gasteiger partial charge on any atom is 0.387 e. The van der Waals surface area contributed by atoms with Crippen molar-refractivity contribution in [2.24, 2.45) is 12.0 Å². The monoisotopic (exact) mass is 409 g/mol. The van der Waals surface area contributed by atoms with Crippen LogP contribution in [0.5, 0.6) is 11.5 Å². The summed E-state index contributed by atoms with van der Waals surface area (Å²) in [6, 6.07) is 4.83. The molecule has 0 radical (unpaired) electrons. The summed E-state index contributed by atoms with van der Waals surface area (Å²) in [7, 11) is 6.96. The molecule has 1 aromatic heterocycles. The van der Waals surface area contributed by atoms with Gasteiger partial charge in [0.05, 0.1) is 12.8 Å².